The van der Waals surface area contributed by atoms with Crippen LogP contribution in [0.15, 0.2) is 33.3 Å². The summed E-state index contributed by atoms with van der Waals surface area (Å²) < 4.78 is 2.75. The van der Waals surface area contributed by atoms with Crippen LogP contribution in [0.5, 0.6) is 0 Å². The normalized spacial score (nSPS) is 10.4. The summed E-state index contributed by atoms with van der Waals surface area (Å²) in [6, 6.07) is 5.95. The molecule has 2 aromatic rings. The molecule has 0 fully saturated rings. The monoisotopic (exact) mass is 380 g/mol. The highest BCUT2D eigenvalue weighted by atomic mass is 79.9. The third-order valence-electron chi connectivity index (χ3n) is 1.90. The number of hydrogen-bond donors (Lipinski definition) is 1. The second-order valence-corrected chi connectivity index (χ2v) is 6.46. The average Bonchev–Trinajstić information content (AvgIpc) is 2.63. The van der Waals surface area contributed by atoms with Gasteiger partial charge in [-0.15, -0.1) is 11.3 Å². The molecule has 2 nitrogen and oxygen atoms in total. The lowest BCUT2D eigenvalue weighted by molar-refractivity contribution is 1.10. The SMILES string of the molecule is Clc1cnc(CNc2c(Br)cccc2Br)s1. The molecule has 0 saturated heterocycles. The van der Waals surface area contributed by atoms with Crippen molar-refractivity contribution in [1.82, 2.24) is 4.98 Å². The maximum atomic E-state index is 5.81. The molecule has 16 heavy (non-hydrogen) atoms. The van der Waals surface area contributed by atoms with Gasteiger partial charge in [0, 0.05) is 8.95 Å². The number of hydrogen-bond acceptors (Lipinski definition) is 3. The Morgan fingerprint density at radius 3 is 2.56 bits per heavy atom. The maximum Gasteiger partial charge on any atom is 0.113 e. The van der Waals surface area contributed by atoms with Crippen molar-refractivity contribution in [3.8, 4) is 0 Å². The molecule has 0 radical (unpaired) electrons. The number of rotatable bonds is 3. The van der Waals surface area contributed by atoms with Crippen LogP contribution < -0.4 is 5.32 Å². The third-order valence-corrected chi connectivity index (χ3v) is 4.34. The molecule has 0 bridgehead atoms. The van der Waals surface area contributed by atoms with Gasteiger partial charge in [0.15, 0.2) is 0 Å². The van der Waals surface area contributed by atoms with Crippen molar-refractivity contribution in [2.24, 2.45) is 0 Å². The van der Waals surface area contributed by atoms with Gasteiger partial charge in [0.25, 0.3) is 0 Å². The van der Waals surface area contributed by atoms with Gasteiger partial charge in [0.1, 0.15) is 9.34 Å². The fraction of sp³-hybridized carbons (Fsp3) is 0.100. The summed E-state index contributed by atoms with van der Waals surface area (Å²) in [6.45, 7) is 0.665. The van der Waals surface area contributed by atoms with E-state index in [1.54, 1.807) is 6.20 Å². The van der Waals surface area contributed by atoms with Crippen molar-refractivity contribution in [2.75, 3.05) is 5.32 Å². The van der Waals surface area contributed by atoms with Crippen LogP contribution in [0.2, 0.25) is 4.34 Å². The largest absolute Gasteiger partial charge is 0.377 e. The van der Waals surface area contributed by atoms with E-state index in [9.17, 15) is 0 Å². The molecule has 0 unspecified atom stereocenters. The van der Waals surface area contributed by atoms with E-state index in [1.807, 2.05) is 18.2 Å². The predicted molar refractivity (Wildman–Crippen MR) is 76.3 cm³/mol. The lowest BCUT2D eigenvalue weighted by atomic mass is 10.3. The van der Waals surface area contributed by atoms with E-state index in [0.717, 1.165) is 19.6 Å². The van der Waals surface area contributed by atoms with E-state index in [-0.39, 0.29) is 0 Å². The first kappa shape index (κ1) is 12.4. The van der Waals surface area contributed by atoms with E-state index in [0.29, 0.717) is 10.9 Å². The topological polar surface area (TPSA) is 24.9 Å². The highest BCUT2D eigenvalue weighted by molar-refractivity contribution is 9.11. The summed E-state index contributed by atoms with van der Waals surface area (Å²) >= 11 is 14.3. The molecule has 1 aromatic heterocycles. The van der Waals surface area contributed by atoms with Crippen LogP contribution in [0.4, 0.5) is 5.69 Å². The smallest absolute Gasteiger partial charge is 0.113 e. The number of thiazole rings is 1. The first-order chi connectivity index (χ1) is 7.66. The van der Waals surface area contributed by atoms with Crippen LogP contribution in [0, 0.1) is 0 Å². The Bertz CT molecular complexity index is 481. The zero-order valence-electron chi connectivity index (χ0n) is 8.01. The van der Waals surface area contributed by atoms with Crippen LogP contribution in [-0.4, -0.2) is 4.98 Å². The van der Waals surface area contributed by atoms with Crippen molar-refractivity contribution in [3.05, 3.63) is 42.7 Å². The summed E-state index contributed by atoms with van der Waals surface area (Å²) in [4.78, 5) is 4.18. The van der Waals surface area contributed by atoms with Crippen LogP contribution >= 0.6 is 54.8 Å². The summed E-state index contributed by atoms with van der Waals surface area (Å²) in [5.41, 5.74) is 1.02. The molecule has 0 amide bonds. The summed E-state index contributed by atoms with van der Waals surface area (Å²) in [7, 11) is 0. The number of halogens is 3. The number of benzene rings is 1. The van der Waals surface area contributed by atoms with E-state index < -0.39 is 0 Å². The van der Waals surface area contributed by atoms with E-state index in [4.69, 9.17) is 11.6 Å². The van der Waals surface area contributed by atoms with Gasteiger partial charge in [0.2, 0.25) is 0 Å². The Labute approximate surface area is 119 Å². The minimum Gasteiger partial charge on any atom is -0.377 e. The Balaban J connectivity index is 2.10. The molecule has 1 N–H and O–H groups in total. The molecule has 0 spiro atoms. The van der Waals surface area contributed by atoms with E-state index in [2.05, 4.69) is 42.2 Å². The van der Waals surface area contributed by atoms with Gasteiger partial charge in [-0.25, -0.2) is 4.98 Å². The minimum absolute atomic E-state index is 0.665. The Morgan fingerprint density at radius 1 is 1.31 bits per heavy atom. The Hall–Kier alpha value is -0.100. The average molecular weight is 383 g/mol. The molecule has 84 valence electrons. The quantitative estimate of drug-likeness (QED) is 0.814. The number of anilines is 1. The Kier molecular flexibility index (Phi) is 4.24. The first-order valence-corrected chi connectivity index (χ1v) is 7.23. The molecule has 0 aliphatic carbocycles. The van der Waals surface area contributed by atoms with Crippen molar-refractivity contribution in [2.45, 2.75) is 6.54 Å². The van der Waals surface area contributed by atoms with Crippen LogP contribution in [0.1, 0.15) is 5.01 Å². The van der Waals surface area contributed by atoms with Gasteiger partial charge >= 0.3 is 0 Å². The standard InChI is InChI=1S/C10H7Br2ClN2S/c11-6-2-1-3-7(12)10(6)15-5-9-14-4-8(13)16-9/h1-4,15H,5H2. The van der Waals surface area contributed by atoms with E-state index >= 15 is 0 Å². The molecular weight excluding hydrogens is 375 g/mol. The molecule has 2 rings (SSSR count). The predicted octanol–water partition coefficient (Wildman–Crippen LogP) is 4.93. The lowest BCUT2D eigenvalue weighted by Gasteiger charge is -2.08. The summed E-state index contributed by atoms with van der Waals surface area (Å²) in [5.74, 6) is 0. The second kappa shape index (κ2) is 5.49. The van der Waals surface area contributed by atoms with Gasteiger partial charge in [0.05, 0.1) is 18.4 Å². The van der Waals surface area contributed by atoms with Gasteiger partial charge in [-0.05, 0) is 44.0 Å². The fourth-order valence-corrected chi connectivity index (χ4v) is 3.38. The zero-order valence-corrected chi connectivity index (χ0v) is 12.8. The summed E-state index contributed by atoms with van der Waals surface area (Å²) in [6.07, 6.45) is 1.66. The van der Waals surface area contributed by atoms with Crippen molar-refractivity contribution in [3.63, 3.8) is 0 Å². The van der Waals surface area contributed by atoms with Crippen molar-refractivity contribution >= 4 is 60.5 Å². The molecule has 1 heterocycles. The minimum atomic E-state index is 0.665. The van der Waals surface area contributed by atoms with Gasteiger partial charge in [-0.2, -0.15) is 0 Å². The number of nitrogens with one attached hydrogen (secondary N) is 1. The van der Waals surface area contributed by atoms with Crippen molar-refractivity contribution < 1.29 is 0 Å². The van der Waals surface area contributed by atoms with Crippen LogP contribution in [-0.2, 0) is 6.54 Å². The molecule has 0 saturated carbocycles. The fourth-order valence-electron chi connectivity index (χ4n) is 1.20. The molecule has 0 aliphatic rings. The molecule has 1 aromatic carbocycles. The maximum absolute atomic E-state index is 5.81. The van der Waals surface area contributed by atoms with Crippen LogP contribution in [0.3, 0.4) is 0 Å². The molecule has 6 heteroatoms. The van der Waals surface area contributed by atoms with E-state index in [1.165, 1.54) is 11.3 Å². The first-order valence-electron chi connectivity index (χ1n) is 4.45. The van der Waals surface area contributed by atoms with Gasteiger partial charge in [-0.1, -0.05) is 17.7 Å². The third kappa shape index (κ3) is 2.97. The highest BCUT2D eigenvalue weighted by Gasteiger charge is 2.05. The Morgan fingerprint density at radius 2 is 2.00 bits per heavy atom. The zero-order chi connectivity index (χ0) is 11.5. The van der Waals surface area contributed by atoms with Crippen molar-refractivity contribution in [1.29, 1.82) is 0 Å². The van der Waals surface area contributed by atoms with Gasteiger partial charge in [-0.3, -0.25) is 0 Å². The second-order valence-electron chi connectivity index (χ2n) is 3.01. The van der Waals surface area contributed by atoms with Gasteiger partial charge < -0.3 is 5.32 Å². The lowest BCUT2D eigenvalue weighted by Crippen LogP contribution is -2.00. The summed E-state index contributed by atoms with van der Waals surface area (Å²) in [5, 5.41) is 4.27. The number of aromatic nitrogens is 1. The molecular formula is C10H7Br2ClN2S. The molecule has 0 atom stereocenters. The number of para-hydroxylation sites is 1. The number of nitrogens with zero attached hydrogens (tertiary/aromatic N) is 1. The highest BCUT2D eigenvalue weighted by Crippen LogP contribution is 2.31. The molecule has 0 aliphatic heterocycles. The van der Waals surface area contributed by atoms with Crippen LogP contribution in [0.25, 0.3) is 0 Å².